The first-order valence-corrected chi connectivity index (χ1v) is 8.66. The van der Waals surface area contributed by atoms with Gasteiger partial charge in [-0.15, -0.1) is 0 Å². The molecule has 0 unspecified atom stereocenters. The zero-order valence-corrected chi connectivity index (χ0v) is 14.9. The van der Waals surface area contributed by atoms with Crippen LogP contribution in [0.5, 0.6) is 11.5 Å². The van der Waals surface area contributed by atoms with Crippen LogP contribution in [-0.4, -0.2) is 34.9 Å². The van der Waals surface area contributed by atoms with Gasteiger partial charge >= 0.3 is 6.18 Å². The minimum Gasteiger partial charge on any atom is -0.486 e. The van der Waals surface area contributed by atoms with Gasteiger partial charge in [0.2, 0.25) is 5.82 Å². The van der Waals surface area contributed by atoms with Crippen LogP contribution in [-0.2, 0) is 17.5 Å². The minimum absolute atomic E-state index is 0.160. The van der Waals surface area contributed by atoms with Crippen LogP contribution in [0.4, 0.5) is 13.2 Å². The van der Waals surface area contributed by atoms with Crippen LogP contribution in [0.3, 0.4) is 0 Å². The second-order valence-electron chi connectivity index (χ2n) is 6.20. The molecule has 1 aliphatic heterocycles. The number of ether oxygens (including phenoxy) is 2. The highest BCUT2D eigenvalue weighted by Gasteiger charge is 2.37. The maximum absolute atomic E-state index is 13.3. The van der Waals surface area contributed by atoms with Crippen LogP contribution < -0.4 is 14.9 Å². The number of hydrogen-bond donors (Lipinski definition) is 1. The molecule has 0 bridgehead atoms. The summed E-state index contributed by atoms with van der Waals surface area (Å²) in [5.74, 6) is -0.674. The molecule has 4 rings (SSSR count). The van der Waals surface area contributed by atoms with Gasteiger partial charge in [0.1, 0.15) is 19.8 Å². The maximum Gasteiger partial charge on any atom is 0.449 e. The number of aromatic nitrogens is 2. The van der Waals surface area contributed by atoms with Gasteiger partial charge in [0.05, 0.1) is 17.2 Å². The molecule has 2 heterocycles. The van der Waals surface area contributed by atoms with E-state index in [2.05, 4.69) is 15.5 Å². The fourth-order valence-corrected chi connectivity index (χ4v) is 2.95. The smallest absolute Gasteiger partial charge is 0.449 e. The molecular formula is C19H15F3N4O3. The average Bonchev–Trinajstić information content (AvgIpc) is 3.07. The van der Waals surface area contributed by atoms with Gasteiger partial charge in [-0.2, -0.15) is 18.3 Å². The number of carbonyl (C=O) groups is 1. The molecule has 1 aromatic heterocycles. The van der Waals surface area contributed by atoms with Gasteiger partial charge in [-0.25, -0.2) is 10.4 Å². The molecule has 0 radical (unpaired) electrons. The van der Waals surface area contributed by atoms with E-state index >= 15 is 0 Å². The molecule has 7 nitrogen and oxygen atoms in total. The summed E-state index contributed by atoms with van der Waals surface area (Å²) in [7, 11) is 0. The first-order chi connectivity index (χ1) is 13.9. The van der Waals surface area contributed by atoms with E-state index in [4.69, 9.17) is 9.47 Å². The number of alkyl halides is 3. The highest BCUT2D eigenvalue weighted by Crippen LogP contribution is 2.31. The Hall–Kier alpha value is -3.56. The lowest BCUT2D eigenvalue weighted by Gasteiger charge is -2.18. The van der Waals surface area contributed by atoms with Gasteiger partial charge in [0.25, 0.3) is 5.91 Å². The predicted octanol–water partition coefficient (Wildman–Crippen LogP) is 2.98. The number of amides is 1. The van der Waals surface area contributed by atoms with E-state index in [1.54, 1.807) is 30.3 Å². The second kappa shape index (κ2) is 7.46. The van der Waals surface area contributed by atoms with E-state index in [9.17, 15) is 18.0 Å². The molecule has 10 heteroatoms. The van der Waals surface area contributed by atoms with Crippen LogP contribution in [0.25, 0.3) is 11.0 Å². The average molecular weight is 404 g/mol. The van der Waals surface area contributed by atoms with Crippen molar-refractivity contribution < 1.29 is 27.4 Å². The van der Waals surface area contributed by atoms with Gasteiger partial charge in [0.15, 0.2) is 11.5 Å². The predicted molar refractivity (Wildman–Crippen MR) is 97.9 cm³/mol. The lowest BCUT2D eigenvalue weighted by atomic mass is 10.2. The van der Waals surface area contributed by atoms with Crippen LogP contribution in [0.15, 0.2) is 47.6 Å². The van der Waals surface area contributed by atoms with Gasteiger partial charge in [-0.3, -0.25) is 4.79 Å². The Balaban J connectivity index is 1.48. The SMILES string of the molecule is O=C(Cn1c(C(F)(F)F)nc2ccccc21)N/N=C\c1ccc2c(c1)OCCO2. The highest BCUT2D eigenvalue weighted by molar-refractivity contribution is 5.84. The molecule has 3 aromatic rings. The number of carbonyl (C=O) groups excluding carboxylic acids is 1. The number of halogens is 3. The molecule has 1 amide bonds. The molecule has 1 N–H and O–H groups in total. The number of rotatable bonds is 4. The van der Waals surface area contributed by atoms with Gasteiger partial charge < -0.3 is 14.0 Å². The Morgan fingerprint density at radius 2 is 1.93 bits per heavy atom. The van der Waals surface area contributed by atoms with Crippen LogP contribution in [0.1, 0.15) is 11.4 Å². The number of nitrogens with zero attached hydrogens (tertiary/aromatic N) is 3. The van der Waals surface area contributed by atoms with Gasteiger partial charge in [-0.05, 0) is 35.9 Å². The molecule has 1 aliphatic rings. The van der Waals surface area contributed by atoms with Crippen molar-refractivity contribution >= 4 is 23.2 Å². The summed E-state index contributed by atoms with van der Waals surface area (Å²) in [5, 5.41) is 3.81. The van der Waals surface area contributed by atoms with Crippen LogP contribution >= 0.6 is 0 Å². The Morgan fingerprint density at radius 1 is 1.17 bits per heavy atom. The molecule has 2 aromatic carbocycles. The normalized spacial score (nSPS) is 13.8. The Bertz CT molecular complexity index is 1090. The van der Waals surface area contributed by atoms with E-state index in [1.165, 1.54) is 18.3 Å². The topological polar surface area (TPSA) is 77.7 Å². The molecule has 0 saturated heterocycles. The van der Waals surface area contributed by atoms with Crippen LogP contribution in [0, 0.1) is 0 Å². The molecular weight excluding hydrogens is 389 g/mol. The van der Waals surface area contributed by atoms with Crippen molar-refractivity contribution in [1.82, 2.24) is 15.0 Å². The van der Waals surface area contributed by atoms with E-state index in [0.29, 0.717) is 30.3 Å². The molecule has 0 fully saturated rings. The van der Waals surface area contributed by atoms with E-state index in [-0.39, 0.29) is 11.0 Å². The number of nitrogens with one attached hydrogen (secondary N) is 1. The maximum atomic E-state index is 13.3. The molecule has 29 heavy (non-hydrogen) atoms. The molecule has 0 atom stereocenters. The van der Waals surface area contributed by atoms with Crippen molar-refractivity contribution in [2.75, 3.05) is 13.2 Å². The van der Waals surface area contributed by atoms with E-state index in [1.807, 2.05) is 0 Å². The largest absolute Gasteiger partial charge is 0.486 e. The molecule has 0 aliphatic carbocycles. The summed E-state index contributed by atoms with van der Waals surface area (Å²) in [5.41, 5.74) is 3.25. The quantitative estimate of drug-likeness (QED) is 0.536. The standard InChI is InChI=1S/C19H15F3N4O3/c20-19(21,22)18-24-13-3-1-2-4-14(13)26(18)11-17(27)25-23-10-12-5-6-15-16(9-12)29-8-7-28-15/h1-6,9-10H,7-8,11H2,(H,25,27)/b23-10-. The van der Waals surface area contributed by atoms with Crippen molar-refractivity contribution in [3.63, 3.8) is 0 Å². The molecule has 150 valence electrons. The van der Waals surface area contributed by atoms with Crippen molar-refractivity contribution in [2.45, 2.75) is 12.7 Å². The number of benzene rings is 2. The number of para-hydroxylation sites is 2. The highest BCUT2D eigenvalue weighted by atomic mass is 19.4. The second-order valence-corrected chi connectivity index (χ2v) is 6.20. The monoisotopic (exact) mass is 404 g/mol. The number of fused-ring (bicyclic) bond motifs is 2. The third-order valence-electron chi connectivity index (χ3n) is 4.18. The first kappa shape index (κ1) is 18.8. The lowest BCUT2D eigenvalue weighted by molar-refractivity contribution is -0.147. The molecule has 0 saturated carbocycles. The van der Waals surface area contributed by atoms with E-state index < -0.39 is 24.5 Å². The van der Waals surface area contributed by atoms with Crippen LogP contribution in [0.2, 0.25) is 0 Å². The number of hydrogen-bond acceptors (Lipinski definition) is 5. The number of imidazole rings is 1. The van der Waals surface area contributed by atoms with Gasteiger partial charge in [-0.1, -0.05) is 12.1 Å². The Kier molecular flexibility index (Phi) is 4.83. The summed E-state index contributed by atoms with van der Waals surface area (Å²) < 4.78 is 51.5. The fraction of sp³-hybridized carbons (Fsp3) is 0.211. The van der Waals surface area contributed by atoms with Gasteiger partial charge in [0, 0.05) is 0 Å². The van der Waals surface area contributed by atoms with Crippen molar-refractivity contribution in [3.05, 3.63) is 53.9 Å². The summed E-state index contributed by atoms with van der Waals surface area (Å²) in [6.07, 6.45) is -3.32. The first-order valence-electron chi connectivity index (χ1n) is 8.66. The Labute approximate surface area is 162 Å². The third-order valence-corrected chi connectivity index (χ3v) is 4.18. The summed E-state index contributed by atoms with van der Waals surface area (Å²) >= 11 is 0. The number of hydrazone groups is 1. The lowest BCUT2D eigenvalue weighted by Crippen LogP contribution is -2.26. The fourth-order valence-electron chi connectivity index (χ4n) is 2.95. The summed E-state index contributed by atoms with van der Waals surface area (Å²) in [4.78, 5) is 15.8. The zero-order chi connectivity index (χ0) is 20.4. The van der Waals surface area contributed by atoms with Crippen molar-refractivity contribution in [3.8, 4) is 11.5 Å². The Morgan fingerprint density at radius 3 is 2.72 bits per heavy atom. The summed E-state index contributed by atoms with van der Waals surface area (Å²) in [6.45, 7) is 0.331. The van der Waals surface area contributed by atoms with E-state index in [0.717, 1.165) is 4.57 Å². The third kappa shape index (κ3) is 4.00. The van der Waals surface area contributed by atoms with Crippen molar-refractivity contribution in [2.24, 2.45) is 5.10 Å². The summed E-state index contributed by atoms with van der Waals surface area (Å²) in [6, 6.07) is 11.2. The molecule has 0 spiro atoms. The zero-order valence-electron chi connectivity index (χ0n) is 14.9. The van der Waals surface area contributed by atoms with Crippen molar-refractivity contribution in [1.29, 1.82) is 0 Å². The minimum atomic E-state index is -4.69.